The molecular formula is C14H10BrN3S. The molecule has 0 atom stereocenters. The zero-order chi connectivity index (χ0) is 13.2. The molecule has 19 heavy (non-hydrogen) atoms. The molecule has 94 valence electrons. The number of para-hydroxylation sites is 2. The van der Waals surface area contributed by atoms with Gasteiger partial charge in [0.05, 0.1) is 11.0 Å². The van der Waals surface area contributed by atoms with E-state index in [0.29, 0.717) is 5.82 Å². The number of nitrogen functional groups attached to an aromatic ring is 1. The first-order valence-electron chi connectivity index (χ1n) is 5.68. The van der Waals surface area contributed by atoms with Crippen LogP contribution in [-0.4, -0.2) is 9.97 Å². The first kappa shape index (κ1) is 12.4. The summed E-state index contributed by atoms with van der Waals surface area (Å²) in [5.41, 5.74) is 7.64. The normalized spacial score (nSPS) is 10.8. The van der Waals surface area contributed by atoms with Crippen LogP contribution in [0.5, 0.6) is 0 Å². The summed E-state index contributed by atoms with van der Waals surface area (Å²) in [7, 11) is 0. The fourth-order valence-corrected chi connectivity index (χ4v) is 2.74. The summed E-state index contributed by atoms with van der Waals surface area (Å²) in [6.07, 6.45) is 0. The zero-order valence-electron chi connectivity index (χ0n) is 9.88. The highest BCUT2D eigenvalue weighted by Gasteiger charge is 2.07. The summed E-state index contributed by atoms with van der Waals surface area (Å²) < 4.78 is 1.05. The van der Waals surface area contributed by atoms with E-state index in [0.717, 1.165) is 25.4 Å². The quantitative estimate of drug-likeness (QED) is 0.767. The van der Waals surface area contributed by atoms with Gasteiger partial charge in [-0.15, -0.1) is 0 Å². The first-order chi connectivity index (χ1) is 9.22. The molecule has 0 fully saturated rings. The largest absolute Gasteiger partial charge is 0.381 e. The first-order valence-corrected chi connectivity index (χ1v) is 7.29. The van der Waals surface area contributed by atoms with Gasteiger partial charge in [0.2, 0.25) is 0 Å². The maximum absolute atomic E-state index is 5.96. The molecule has 0 aliphatic heterocycles. The Morgan fingerprint density at radius 2 is 1.53 bits per heavy atom. The third-order valence-electron chi connectivity index (χ3n) is 2.59. The summed E-state index contributed by atoms with van der Waals surface area (Å²) in [5.74, 6) is 0.464. The number of hydrogen-bond donors (Lipinski definition) is 1. The van der Waals surface area contributed by atoms with Crippen molar-refractivity contribution in [2.75, 3.05) is 5.73 Å². The van der Waals surface area contributed by atoms with E-state index in [1.54, 1.807) is 0 Å². The van der Waals surface area contributed by atoms with Gasteiger partial charge in [0, 0.05) is 9.37 Å². The molecule has 0 bridgehead atoms. The van der Waals surface area contributed by atoms with Crippen molar-refractivity contribution in [3.8, 4) is 0 Å². The number of hydrogen-bond acceptors (Lipinski definition) is 4. The standard InChI is InChI=1S/C14H10BrN3S/c15-9-5-7-10(8-6-9)19-14-13(16)17-11-3-1-2-4-12(11)18-14/h1-8H,(H2,16,17). The average Bonchev–Trinajstić information content (AvgIpc) is 2.42. The highest BCUT2D eigenvalue weighted by molar-refractivity contribution is 9.10. The molecule has 0 radical (unpaired) electrons. The predicted molar refractivity (Wildman–Crippen MR) is 82.2 cm³/mol. The van der Waals surface area contributed by atoms with E-state index >= 15 is 0 Å². The monoisotopic (exact) mass is 331 g/mol. The molecule has 5 heteroatoms. The van der Waals surface area contributed by atoms with Crippen LogP contribution in [0.4, 0.5) is 5.82 Å². The predicted octanol–water partition coefficient (Wildman–Crippen LogP) is 4.13. The molecule has 0 aliphatic rings. The Morgan fingerprint density at radius 3 is 2.21 bits per heavy atom. The molecule has 2 N–H and O–H groups in total. The summed E-state index contributed by atoms with van der Waals surface area (Å²) >= 11 is 4.93. The van der Waals surface area contributed by atoms with Crippen molar-refractivity contribution >= 4 is 44.5 Å². The SMILES string of the molecule is Nc1nc2ccccc2nc1Sc1ccc(Br)cc1. The van der Waals surface area contributed by atoms with Crippen LogP contribution in [0.3, 0.4) is 0 Å². The summed E-state index contributed by atoms with van der Waals surface area (Å²) in [4.78, 5) is 10.0. The van der Waals surface area contributed by atoms with Crippen molar-refractivity contribution in [1.82, 2.24) is 9.97 Å². The van der Waals surface area contributed by atoms with Crippen LogP contribution in [-0.2, 0) is 0 Å². The molecule has 3 aromatic rings. The number of anilines is 1. The minimum atomic E-state index is 0.464. The minimum Gasteiger partial charge on any atom is -0.381 e. The summed E-state index contributed by atoms with van der Waals surface area (Å²) in [6, 6.07) is 15.7. The zero-order valence-corrected chi connectivity index (χ0v) is 12.3. The van der Waals surface area contributed by atoms with Crippen LogP contribution in [0.2, 0.25) is 0 Å². The molecule has 0 saturated carbocycles. The Hall–Kier alpha value is -1.59. The molecule has 0 saturated heterocycles. The lowest BCUT2D eigenvalue weighted by Gasteiger charge is -2.05. The molecular weight excluding hydrogens is 322 g/mol. The van der Waals surface area contributed by atoms with Crippen LogP contribution < -0.4 is 5.73 Å². The lowest BCUT2D eigenvalue weighted by atomic mass is 10.3. The van der Waals surface area contributed by atoms with E-state index in [4.69, 9.17) is 5.73 Å². The number of aromatic nitrogens is 2. The Bertz CT molecular complexity index is 728. The number of halogens is 1. The number of nitrogens with two attached hydrogens (primary N) is 1. The molecule has 3 rings (SSSR count). The van der Waals surface area contributed by atoms with Gasteiger partial charge < -0.3 is 5.73 Å². The van der Waals surface area contributed by atoms with Crippen molar-refractivity contribution in [3.05, 3.63) is 53.0 Å². The number of fused-ring (bicyclic) bond motifs is 1. The van der Waals surface area contributed by atoms with Gasteiger partial charge in [0.25, 0.3) is 0 Å². The van der Waals surface area contributed by atoms with Crippen LogP contribution in [0.25, 0.3) is 11.0 Å². The highest BCUT2D eigenvalue weighted by atomic mass is 79.9. The van der Waals surface area contributed by atoms with Gasteiger partial charge in [0.15, 0.2) is 5.82 Å². The van der Waals surface area contributed by atoms with Gasteiger partial charge in [-0.3, -0.25) is 0 Å². The van der Waals surface area contributed by atoms with Crippen LogP contribution in [0, 0.1) is 0 Å². The molecule has 0 aliphatic carbocycles. The smallest absolute Gasteiger partial charge is 0.157 e. The van der Waals surface area contributed by atoms with Crippen molar-refractivity contribution in [2.45, 2.75) is 9.92 Å². The fraction of sp³-hybridized carbons (Fsp3) is 0. The fourth-order valence-electron chi connectivity index (χ4n) is 1.69. The maximum Gasteiger partial charge on any atom is 0.157 e. The summed E-state index contributed by atoms with van der Waals surface area (Å²) in [5, 5.41) is 0.737. The Labute approximate surface area is 123 Å². The Balaban J connectivity index is 2.00. The minimum absolute atomic E-state index is 0.464. The van der Waals surface area contributed by atoms with Crippen molar-refractivity contribution < 1.29 is 0 Å². The van der Waals surface area contributed by atoms with Gasteiger partial charge >= 0.3 is 0 Å². The second-order valence-corrected chi connectivity index (χ2v) is 5.94. The second kappa shape index (κ2) is 5.19. The van der Waals surface area contributed by atoms with Crippen molar-refractivity contribution in [3.63, 3.8) is 0 Å². The van der Waals surface area contributed by atoms with E-state index in [-0.39, 0.29) is 0 Å². The van der Waals surface area contributed by atoms with E-state index in [1.165, 1.54) is 11.8 Å². The lowest BCUT2D eigenvalue weighted by molar-refractivity contribution is 1.13. The van der Waals surface area contributed by atoms with E-state index in [9.17, 15) is 0 Å². The molecule has 0 spiro atoms. The van der Waals surface area contributed by atoms with Crippen molar-refractivity contribution in [1.29, 1.82) is 0 Å². The van der Waals surface area contributed by atoms with Gasteiger partial charge in [-0.25, -0.2) is 9.97 Å². The molecule has 0 unspecified atom stereocenters. The Kier molecular flexibility index (Phi) is 3.40. The van der Waals surface area contributed by atoms with Crippen LogP contribution >= 0.6 is 27.7 Å². The second-order valence-electron chi connectivity index (χ2n) is 3.96. The number of benzene rings is 2. The molecule has 1 heterocycles. The Morgan fingerprint density at radius 1 is 0.895 bits per heavy atom. The van der Waals surface area contributed by atoms with E-state index in [1.807, 2.05) is 48.5 Å². The van der Waals surface area contributed by atoms with Gasteiger partial charge in [-0.1, -0.05) is 39.8 Å². The maximum atomic E-state index is 5.96. The molecule has 3 nitrogen and oxygen atoms in total. The van der Waals surface area contributed by atoms with Gasteiger partial charge in [-0.05, 0) is 36.4 Å². The topological polar surface area (TPSA) is 51.8 Å². The van der Waals surface area contributed by atoms with Crippen molar-refractivity contribution in [2.24, 2.45) is 0 Å². The number of rotatable bonds is 2. The highest BCUT2D eigenvalue weighted by Crippen LogP contribution is 2.31. The van der Waals surface area contributed by atoms with Crippen LogP contribution in [0.15, 0.2) is 62.9 Å². The average molecular weight is 332 g/mol. The van der Waals surface area contributed by atoms with E-state index < -0.39 is 0 Å². The van der Waals surface area contributed by atoms with E-state index in [2.05, 4.69) is 25.9 Å². The lowest BCUT2D eigenvalue weighted by Crippen LogP contribution is -1.97. The van der Waals surface area contributed by atoms with Gasteiger partial charge in [-0.2, -0.15) is 0 Å². The van der Waals surface area contributed by atoms with Crippen LogP contribution in [0.1, 0.15) is 0 Å². The molecule has 1 aromatic heterocycles. The third kappa shape index (κ3) is 2.72. The third-order valence-corrected chi connectivity index (χ3v) is 4.12. The summed E-state index contributed by atoms with van der Waals surface area (Å²) in [6.45, 7) is 0. The van der Waals surface area contributed by atoms with Gasteiger partial charge in [0.1, 0.15) is 5.03 Å². The molecule has 2 aromatic carbocycles. The number of nitrogens with zero attached hydrogens (tertiary/aromatic N) is 2. The molecule has 0 amide bonds.